The Labute approximate surface area is 130 Å². The highest BCUT2D eigenvalue weighted by Gasteiger charge is 2.20. The first kappa shape index (κ1) is 16.4. The van der Waals surface area contributed by atoms with Gasteiger partial charge < -0.3 is 4.74 Å². The minimum atomic E-state index is -3.68. The predicted molar refractivity (Wildman–Crippen MR) is 83.4 cm³/mol. The number of aromatic nitrogens is 3. The first-order valence-corrected chi connectivity index (χ1v) is 8.32. The number of nitrogens with one attached hydrogen (secondary N) is 1. The van der Waals surface area contributed by atoms with Crippen LogP contribution >= 0.6 is 0 Å². The number of hydrogen-bond donors (Lipinski definition) is 1. The Morgan fingerprint density at radius 1 is 1.27 bits per heavy atom. The lowest BCUT2D eigenvalue weighted by Crippen LogP contribution is -2.15. The monoisotopic (exact) mass is 324 g/mol. The van der Waals surface area contributed by atoms with Gasteiger partial charge in [-0.3, -0.25) is 14.4 Å². The molecule has 0 amide bonds. The number of pyridine rings is 1. The molecular formula is C14H20N4O3S. The van der Waals surface area contributed by atoms with Gasteiger partial charge in [0.2, 0.25) is 0 Å². The average Bonchev–Trinajstić information content (AvgIpc) is 2.73. The number of nitrogens with zero attached hydrogens (tertiary/aromatic N) is 3. The third kappa shape index (κ3) is 3.45. The molecule has 2 rings (SSSR count). The van der Waals surface area contributed by atoms with E-state index in [9.17, 15) is 8.42 Å². The van der Waals surface area contributed by atoms with E-state index in [0.717, 1.165) is 11.4 Å². The van der Waals surface area contributed by atoms with Crippen molar-refractivity contribution in [2.45, 2.75) is 32.2 Å². The molecule has 2 aromatic rings. The molecule has 0 saturated heterocycles. The Morgan fingerprint density at radius 3 is 2.59 bits per heavy atom. The van der Waals surface area contributed by atoms with Crippen LogP contribution < -0.4 is 4.72 Å². The van der Waals surface area contributed by atoms with Crippen LogP contribution in [0.15, 0.2) is 23.2 Å². The lowest BCUT2D eigenvalue weighted by molar-refractivity contribution is 0.182. The second-order valence-corrected chi connectivity index (χ2v) is 6.68. The van der Waals surface area contributed by atoms with E-state index in [4.69, 9.17) is 4.74 Å². The first-order valence-electron chi connectivity index (χ1n) is 6.83. The van der Waals surface area contributed by atoms with Gasteiger partial charge in [0.05, 0.1) is 30.2 Å². The van der Waals surface area contributed by atoms with Crippen molar-refractivity contribution in [2.24, 2.45) is 0 Å². The van der Waals surface area contributed by atoms with Crippen LogP contribution in [0.4, 0.5) is 5.69 Å². The van der Waals surface area contributed by atoms with Crippen molar-refractivity contribution < 1.29 is 13.2 Å². The topological polar surface area (TPSA) is 86.1 Å². The zero-order valence-electron chi connectivity index (χ0n) is 13.1. The lowest BCUT2D eigenvalue weighted by atomic mass is 10.3. The Kier molecular flexibility index (Phi) is 4.82. The zero-order chi connectivity index (χ0) is 16.3. The predicted octanol–water partition coefficient (Wildman–Crippen LogP) is 1.65. The number of methoxy groups -OCH3 is 1. The molecule has 2 aromatic heterocycles. The molecule has 0 unspecified atom stereocenters. The molecule has 2 heterocycles. The van der Waals surface area contributed by atoms with Crippen LogP contribution in [0.2, 0.25) is 0 Å². The molecule has 1 N–H and O–H groups in total. The Balaban J connectivity index is 2.30. The van der Waals surface area contributed by atoms with Gasteiger partial charge in [0.1, 0.15) is 4.90 Å². The molecule has 0 spiro atoms. The number of ether oxygens (including phenoxy) is 1. The molecular weight excluding hydrogens is 304 g/mol. The van der Waals surface area contributed by atoms with Crippen LogP contribution in [0.1, 0.15) is 17.1 Å². The van der Waals surface area contributed by atoms with Crippen LogP contribution in [0.5, 0.6) is 0 Å². The Morgan fingerprint density at radius 2 is 2.00 bits per heavy atom. The Hall–Kier alpha value is -1.93. The number of aryl methyl sites for hydroxylation is 2. The van der Waals surface area contributed by atoms with Crippen LogP contribution in [-0.4, -0.2) is 36.9 Å². The highest BCUT2D eigenvalue weighted by atomic mass is 32.2. The molecule has 0 radical (unpaired) electrons. The van der Waals surface area contributed by atoms with E-state index in [1.807, 2.05) is 6.92 Å². The smallest absolute Gasteiger partial charge is 0.263 e. The number of rotatable bonds is 6. The Bertz CT molecular complexity index is 751. The molecule has 7 nitrogen and oxygen atoms in total. The highest BCUT2D eigenvalue weighted by Crippen LogP contribution is 2.23. The molecule has 22 heavy (non-hydrogen) atoms. The van der Waals surface area contributed by atoms with Gasteiger partial charge in [-0.1, -0.05) is 0 Å². The van der Waals surface area contributed by atoms with Crippen molar-refractivity contribution in [3.05, 3.63) is 35.4 Å². The third-order valence-corrected chi connectivity index (χ3v) is 4.65. The van der Waals surface area contributed by atoms with E-state index in [1.54, 1.807) is 31.7 Å². The van der Waals surface area contributed by atoms with Crippen LogP contribution in [0.3, 0.4) is 0 Å². The summed E-state index contributed by atoms with van der Waals surface area (Å²) in [6.07, 6.45) is 1.34. The summed E-state index contributed by atoms with van der Waals surface area (Å²) in [4.78, 5) is 4.15. The SMILES string of the molecule is COCCn1nc(C)c(NS(=O)(=O)c2ccc(C)nc2)c1C. The molecule has 0 aliphatic carbocycles. The number of hydrogen-bond acceptors (Lipinski definition) is 5. The summed E-state index contributed by atoms with van der Waals surface area (Å²) < 4.78 is 34.2. The van der Waals surface area contributed by atoms with Crippen molar-refractivity contribution in [1.29, 1.82) is 0 Å². The molecule has 0 bridgehead atoms. The van der Waals surface area contributed by atoms with E-state index in [1.165, 1.54) is 12.3 Å². The molecule has 0 saturated carbocycles. The number of sulfonamides is 1. The fourth-order valence-corrected chi connectivity index (χ4v) is 3.17. The van der Waals surface area contributed by atoms with Crippen LogP contribution in [0, 0.1) is 20.8 Å². The second-order valence-electron chi connectivity index (χ2n) is 5.00. The van der Waals surface area contributed by atoms with Crippen LogP contribution in [0.25, 0.3) is 0 Å². The van der Waals surface area contributed by atoms with Crippen molar-refractivity contribution >= 4 is 15.7 Å². The summed E-state index contributed by atoms with van der Waals surface area (Å²) in [5.74, 6) is 0. The molecule has 0 atom stereocenters. The fraction of sp³-hybridized carbons (Fsp3) is 0.429. The maximum atomic E-state index is 12.4. The summed E-state index contributed by atoms with van der Waals surface area (Å²) >= 11 is 0. The molecule has 8 heteroatoms. The van der Waals surface area contributed by atoms with Gasteiger partial charge >= 0.3 is 0 Å². The molecule has 120 valence electrons. The van der Waals surface area contributed by atoms with Gasteiger partial charge in [0.25, 0.3) is 10.0 Å². The first-order chi connectivity index (χ1) is 10.3. The highest BCUT2D eigenvalue weighted by molar-refractivity contribution is 7.92. The van der Waals surface area contributed by atoms with Gasteiger partial charge in [-0.15, -0.1) is 0 Å². The van der Waals surface area contributed by atoms with E-state index in [-0.39, 0.29) is 4.90 Å². The maximum absolute atomic E-state index is 12.4. The van der Waals surface area contributed by atoms with Gasteiger partial charge in [-0.05, 0) is 32.9 Å². The fourth-order valence-electron chi connectivity index (χ4n) is 2.05. The van der Waals surface area contributed by atoms with Crippen molar-refractivity contribution in [1.82, 2.24) is 14.8 Å². The van der Waals surface area contributed by atoms with Gasteiger partial charge in [-0.25, -0.2) is 8.42 Å². The summed E-state index contributed by atoms with van der Waals surface area (Å²) in [5.41, 5.74) is 2.63. The zero-order valence-corrected chi connectivity index (χ0v) is 13.9. The second kappa shape index (κ2) is 6.45. The quantitative estimate of drug-likeness (QED) is 0.873. The van der Waals surface area contributed by atoms with Crippen molar-refractivity contribution in [3.63, 3.8) is 0 Å². The largest absolute Gasteiger partial charge is 0.383 e. The van der Waals surface area contributed by atoms with E-state index in [0.29, 0.717) is 24.5 Å². The van der Waals surface area contributed by atoms with E-state index < -0.39 is 10.0 Å². The summed E-state index contributed by atoms with van der Waals surface area (Å²) in [6, 6.07) is 3.20. The van der Waals surface area contributed by atoms with Gasteiger partial charge in [0, 0.05) is 19.0 Å². The molecule has 0 aliphatic heterocycles. The van der Waals surface area contributed by atoms with Gasteiger partial charge in [-0.2, -0.15) is 5.10 Å². The normalized spacial score (nSPS) is 11.6. The molecule has 0 aliphatic rings. The number of anilines is 1. The summed E-state index contributed by atoms with van der Waals surface area (Å²) in [7, 11) is -2.07. The standard InChI is InChI=1S/C14H20N4O3S/c1-10-5-6-13(9-15-10)22(19,20)17-14-11(2)16-18(12(14)3)7-8-21-4/h5-6,9,17H,7-8H2,1-4H3. The molecule has 0 fully saturated rings. The average molecular weight is 324 g/mol. The van der Waals surface area contributed by atoms with Crippen LogP contribution in [-0.2, 0) is 21.3 Å². The molecule has 0 aromatic carbocycles. The van der Waals surface area contributed by atoms with Crippen molar-refractivity contribution in [3.8, 4) is 0 Å². The lowest BCUT2D eigenvalue weighted by Gasteiger charge is -2.09. The van der Waals surface area contributed by atoms with E-state index in [2.05, 4.69) is 14.8 Å². The summed E-state index contributed by atoms with van der Waals surface area (Å²) in [5, 5.41) is 4.33. The van der Waals surface area contributed by atoms with Crippen molar-refractivity contribution in [2.75, 3.05) is 18.4 Å². The minimum absolute atomic E-state index is 0.126. The minimum Gasteiger partial charge on any atom is -0.383 e. The summed E-state index contributed by atoms with van der Waals surface area (Å²) in [6.45, 7) is 6.47. The van der Waals surface area contributed by atoms with Gasteiger partial charge in [0.15, 0.2) is 0 Å². The third-order valence-electron chi connectivity index (χ3n) is 3.32. The van der Waals surface area contributed by atoms with E-state index >= 15 is 0 Å². The maximum Gasteiger partial charge on any atom is 0.263 e.